The van der Waals surface area contributed by atoms with E-state index in [1.54, 1.807) is 24.9 Å². The molecule has 1 unspecified atom stereocenters. The Balaban J connectivity index is 2.49. The number of aliphatic hydroxyl groups excluding tert-OH is 1. The third-order valence-electron chi connectivity index (χ3n) is 2.34. The minimum Gasteiger partial charge on any atom is -0.466 e. The summed E-state index contributed by atoms with van der Waals surface area (Å²) in [5, 5.41) is 14.0. The highest BCUT2D eigenvalue weighted by Gasteiger charge is 2.15. The van der Waals surface area contributed by atoms with Crippen molar-refractivity contribution in [2.24, 2.45) is 7.05 Å². The van der Waals surface area contributed by atoms with Gasteiger partial charge < -0.3 is 9.84 Å². The molecule has 1 aromatic heterocycles. The van der Waals surface area contributed by atoms with Gasteiger partial charge in [-0.1, -0.05) is 0 Å². The van der Waals surface area contributed by atoms with E-state index in [2.05, 4.69) is 5.10 Å². The van der Waals surface area contributed by atoms with Crippen LogP contribution in [0.5, 0.6) is 0 Å². The summed E-state index contributed by atoms with van der Waals surface area (Å²) < 4.78 is 6.44. The molecule has 16 heavy (non-hydrogen) atoms. The maximum atomic E-state index is 11.1. The van der Waals surface area contributed by atoms with Crippen LogP contribution >= 0.6 is 0 Å². The number of esters is 1. The molecule has 0 amide bonds. The number of aryl methyl sites for hydroxylation is 2. The summed E-state index contributed by atoms with van der Waals surface area (Å²) in [5.74, 6) is -0.275. The first-order valence-corrected chi connectivity index (χ1v) is 5.38. The molecule has 0 aliphatic carbocycles. The molecule has 90 valence electrons. The molecule has 1 rings (SSSR count). The first kappa shape index (κ1) is 12.7. The van der Waals surface area contributed by atoms with E-state index >= 15 is 0 Å². The number of ether oxygens (including phenoxy) is 1. The monoisotopic (exact) mass is 226 g/mol. The average molecular weight is 226 g/mol. The summed E-state index contributed by atoms with van der Waals surface area (Å²) in [6, 6.07) is 0. The van der Waals surface area contributed by atoms with Crippen molar-refractivity contribution < 1.29 is 14.6 Å². The molecule has 1 heterocycles. The van der Waals surface area contributed by atoms with Gasteiger partial charge in [0.2, 0.25) is 0 Å². The first-order valence-electron chi connectivity index (χ1n) is 5.38. The molecule has 0 aliphatic heterocycles. The fraction of sp³-hybridized carbons (Fsp3) is 0.636. The van der Waals surface area contributed by atoms with Crippen LogP contribution in [-0.2, 0) is 16.6 Å². The lowest BCUT2D eigenvalue weighted by Crippen LogP contribution is -2.07. The van der Waals surface area contributed by atoms with Gasteiger partial charge in [-0.25, -0.2) is 0 Å². The van der Waals surface area contributed by atoms with Crippen molar-refractivity contribution in [3.8, 4) is 0 Å². The van der Waals surface area contributed by atoms with Gasteiger partial charge >= 0.3 is 5.97 Å². The Hall–Kier alpha value is -1.36. The molecule has 0 saturated heterocycles. The zero-order chi connectivity index (χ0) is 12.1. The van der Waals surface area contributed by atoms with Crippen molar-refractivity contribution in [1.82, 2.24) is 9.78 Å². The summed E-state index contributed by atoms with van der Waals surface area (Å²) >= 11 is 0. The normalized spacial score (nSPS) is 12.5. The second kappa shape index (κ2) is 5.65. The average Bonchev–Trinajstić information content (AvgIpc) is 2.55. The van der Waals surface area contributed by atoms with Crippen LogP contribution in [0.2, 0.25) is 0 Å². The summed E-state index contributed by atoms with van der Waals surface area (Å²) in [5.41, 5.74) is 1.56. The number of carbonyl (C=O) groups excluding carboxylic acids is 1. The van der Waals surface area contributed by atoms with Crippen molar-refractivity contribution in [2.75, 3.05) is 6.61 Å². The van der Waals surface area contributed by atoms with Gasteiger partial charge in [-0.05, 0) is 20.3 Å². The van der Waals surface area contributed by atoms with Gasteiger partial charge in [0, 0.05) is 25.2 Å². The van der Waals surface area contributed by atoms with E-state index in [-0.39, 0.29) is 12.4 Å². The molecule has 5 nitrogen and oxygen atoms in total. The largest absolute Gasteiger partial charge is 0.466 e. The first-order chi connectivity index (χ1) is 7.54. The Morgan fingerprint density at radius 2 is 2.38 bits per heavy atom. The zero-order valence-electron chi connectivity index (χ0n) is 9.93. The second-order valence-corrected chi connectivity index (χ2v) is 3.70. The number of nitrogens with zero attached hydrogens (tertiary/aromatic N) is 2. The van der Waals surface area contributed by atoms with Crippen LogP contribution in [-0.4, -0.2) is 27.5 Å². The molecule has 5 heteroatoms. The lowest BCUT2D eigenvalue weighted by molar-refractivity contribution is -0.143. The quantitative estimate of drug-likeness (QED) is 0.764. The Kier molecular flexibility index (Phi) is 4.49. The van der Waals surface area contributed by atoms with Gasteiger partial charge in [0.25, 0.3) is 0 Å². The fourth-order valence-electron chi connectivity index (χ4n) is 1.59. The molecule has 0 saturated carbocycles. The SMILES string of the molecule is CCOC(=O)CCC(O)c1cn(C)nc1C. The molecule has 1 atom stereocenters. The lowest BCUT2D eigenvalue weighted by Gasteiger charge is -2.08. The van der Waals surface area contributed by atoms with E-state index in [4.69, 9.17) is 4.74 Å². The van der Waals surface area contributed by atoms with E-state index in [0.717, 1.165) is 11.3 Å². The van der Waals surface area contributed by atoms with Crippen LogP contribution in [0.15, 0.2) is 6.20 Å². The van der Waals surface area contributed by atoms with Crippen molar-refractivity contribution in [3.05, 3.63) is 17.5 Å². The number of rotatable bonds is 5. The van der Waals surface area contributed by atoms with Gasteiger partial charge in [0.05, 0.1) is 18.4 Å². The number of hydrogen-bond acceptors (Lipinski definition) is 4. The molecule has 0 spiro atoms. The summed E-state index contributed by atoms with van der Waals surface area (Å²) in [7, 11) is 1.80. The molecule has 0 bridgehead atoms. The van der Waals surface area contributed by atoms with Crippen molar-refractivity contribution in [3.63, 3.8) is 0 Å². The van der Waals surface area contributed by atoms with Gasteiger partial charge in [-0.15, -0.1) is 0 Å². The standard InChI is InChI=1S/C11H18N2O3/c1-4-16-11(15)6-5-10(14)9-7-13(3)12-8(9)2/h7,10,14H,4-6H2,1-3H3. The molecule has 0 radical (unpaired) electrons. The Bertz CT molecular complexity index is 360. The van der Waals surface area contributed by atoms with Crippen LogP contribution in [0.3, 0.4) is 0 Å². The summed E-state index contributed by atoms with van der Waals surface area (Å²) in [6.45, 7) is 3.98. The predicted octanol–water partition coefficient (Wildman–Crippen LogP) is 1.11. The van der Waals surface area contributed by atoms with Gasteiger partial charge in [0.1, 0.15) is 0 Å². The number of aliphatic hydroxyl groups is 1. The van der Waals surface area contributed by atoms with E-state index in [9.17, 15) is 9.90 Å². The number of hydrogen-bond donors (Lipinski definition) is 1. The summed E-state index contributed by atoms with van der Waals surface area (Å²) in [6.07, 6.45) is 1.71. The molecule has 1 N–H and O–H groups in total. The van der Waals surface area contributed by atoms with Crippen LogP contribution in [0.25, 0.3) is 0 Å². The van der Waals surface area contributed by atoms with Crippen molar-refractivity contribution >= 4 is 5.97 Å². The molecular formula is C11H18N2O3. The van der Waals surface area contributed by atoms with Crippen LogP contribution in [0.4, 0.5) is 0 Å². The van der Waals surface area contributed by atoms with E-state index in [1.807, 2.05) is 6.92 Å². The van der Waals surface area contributed by atoms with Crippen LogP contribution in [0.1, 0.15) is 37.1 Å². The highest BCUT2D eigenvalue weighted by molar-refractivity contribution is 5.69. The van der Waals surface area contributed by atoms with Crippen LogP contribution in [0, 0.1) is 6.92 Å². The fourth-order valence-corrected chi connectivity index (χ4v) is 1.59. The third-order valence-corrected chi connectivity index (χ3v) is 2.34. The predicted molar refractivity (Wildman–Crippen MR) is 58.8 cm³/mol. The highest BCUT2D eigenvalue weighted by Crippen LogP contribution is 2.20. The van der Waals surface area contributed by atoms with E-state index < -0.39 is 6.10 Å². The van der Waals surface area contributed by atoms with Crippen LogP contribution < -0.4 is 0 Å². The third kappa shape index (κ3) is 3.34. The van der Waals surface area contributed by atoms with Crippen molar-refractivity contribution in [2.45, 2.75) is 32.8 Å². The van der Waals surface area contributed by atoms with E-state index in [0.29, 0.717) is 13.0 Å². The molecule has 0 aliphatic rings. The van der Waals surface area contributed by atoms with Gasteiger partial charge in [0.15, 0.2) is 0 Å². The number of carbonyl (C=O) groups is 1. The Labute approximate surface area is 95.0 Å². The lowest BCUT2D eigenvalue weighted by atomic mass is 10.1. The number of aromatic nitrogens is 2. The molecule has 0 fully saturated rings. The maximum Gasteiger partial charge on any atom is 0.305 e. The Morgan fingerprint density at radius 3 is 2.88 bits per heavy atom. The molecular weight excluding hydrogens is 208 g/mol. The Morgan fingerprint density at radius 1 is 1.69 bits per heavy atom. The summed E-state index contributed by atoms with van der Waals surface area (Å²) in [4.78, 5) is 11.1. The van der Waals surface area contributed by atoms with E-state index in [1.165, 1.54) is 0 Å². The van der Waals surface area contributed by atoms with Gasteiger partial charge in [-0.2, -0.15) is 5.10 Å². The topological polar surface area (TPSA) is 64.3 Å². The highest BCUT2D eigenvalue weighted by atomic mass is 16.5. The molecule has 0 aromatic carbocycles. The minimum absolute atomic E-state index is 0.226. The smallest absolute Gasteiger partial charge is 0.305 e. The van der Waals surface area contributed by atoms with Gasteiger partial charge in [-0.3, -0.25) is 9.48 Å². The van der Waals surface area contributed by atoms with Crippen molar-refractivity contribution in [1.29, 1.82) is 0 Å². The zero-order valence-corrected chi connectivity index (χ0v) is 9.93. The maximum absolute atomic E-state index is 11.1. The second-order valence-electron chi connectivity index (χ2n) is 3.70. The minimum atomic E-state index is -0.655. The molecule has 1 aromatic rings.